The summed E-state index contributed by atoms with van der Waals surface area (Å²) in [6, 6.07) is 5.16. The molecule has 1 aromatic rings. The minimum absolute atomic E-state index is 0.500. The van der Waals surface area contributed by atoms with Gasteiger partial charge in [-0.15, -0.1) is 0 Å². The molecule has 14 heavy (non-hydrogen) atoms. The highest BCUT2D eigenvalue weighted by atomic mass is 35.5. The summed E-state index contributed by atoms with van der Waals surface area (Å²) in [5, 5.41) is 0.611. The lowest BCUT2D eigenvalue weighted by Gasteiger charge is -2.08. The van der Waals surface area contributed by atoms with E-state index < -0.39 is 0 Å². The Labute approximate surface area is 88.8 Å². The molecule has 0 aliphatic carbocycles. The van der Waals surface area contributed by atoms with Crippen molar-refractivity contribution in [3.63, 3.8) is 0 Å². The summed E-state index contributed by atoms with van der Waals surface area (Å²) in [6.07, 6.45) is 0. The smallest absolute Gasteiger partial charge is 0.142 e. The minimum Gasteiger partial charge on any atom is -0.489 e. The summed E-state index contributed by atoms with van der Waals surface area (Å²) in [4.78, 5) is 0. The van der Waals surface area contributed by atoms with Crippen LogP contribution in [0.15, 0.2) is 18.2 Å². The van der Waals surface area contributed by atoms with Crippen molar-refractivity contribution in [1.82, 2.24) is 0 Å². The van der Waals surface area contributed by atoms with Crippen LogP contribution in [0.4, 0.5) is 5.69 Å². The number of anilines is 1. The van der Waals surface area contributed by atoms with Gasteiger partial charge in [0.1, 0.15) is 12.4 Å². The Bertz CT molecular complexity index is 291. The first kappa shape index (κ1) is 11.1. The maximum Gasteiger partial charge on any atom is 0.142 e. The van der Waals surface area contributed by atoms with Crippen molar-refractivity contribution in [1.29, 1.82) is 0 Å². The highest BCUT2D eigenvalue weighted by Gasteiger charge is 2.00. The average Bonchev–Trinajstić information content (AvgIpc) is 2.15. The van der Waals surface area contributed by atoms with Gasteiger partial charge in [0.15, 0.2) is 0 Å². The van der Waals surface area contributed by atoms with Gasteiger partial charge in [-0.05, 0) is 25.1 Å². The van der Waals surface area contributed by atoms with Gasteiger partial charge in [-0.25, -0.2) is 0 Å². The first-order valence-corrected chi connectivity index (χ1v) is 4.87. The average molecular weight is 216 g/mol. The molecule has 4 heteroatoms. The molecule has 3 nitrogen and oxygen atoms in total. The molecule has 0 aliphatic rings. The van der Waals surface area contributed by atoms with Crippen LogP contribution < -0.4 is 10.5 Å². The third-order valence-electron chi connectivity index (χ3n) is 1.66. The van der Waals surface area contributed by atoms with E-state index in [0.29, 0.717) is 36.3 Å². The van der Waals surface area contributed by atoms with Crippen LogP contribution in [0.2, 0.25) is 5.02 Å². The number of rotatable bonds is 5. The number of halogens is 1. The first-order chi connectivity index (χ1) is 6.74. The SMILES string of the molecule is CCOCCOc1ccc(Cl)cc1N. The highest BCUT2D eigenvalue weighted by molar-refractivity contribution is 6.30. The van der Waals surface area contributed by atoms with Crippen LogP contribution in [0.3, 0.4) is 0 Å². The van der Waals surface area contributed by atoms with E-state index >= 15 is 0 Å². The number of benzene rings is 1. The van der Waals surface area contributed by atoms with E-state index in [-0.39, 0.29) is 0 Å². The second kappa shape index (κ2) is 5.73. The second-order valence-corrected chi connectivity index (χ2v) is 3.16. The van der Waals surface area contributed by atoms with Gasteiger partial charge in [-0.1, -0.05) is 11.6 Å². The summed E-state index contributed by atoms with van der Waals surface area (Å²) in [5.74, 6) is 0.647. The van der Waals surface area contributed by atoms with E-state index in [9.17, 15) is 0 Å². The summed E-state index contributed by atoms with van der Waals surface area (Å²) in [6.45, 7) is 3.70. The molecule has 0 atom stereocenters. The molecule has 0 aliphatic heterocycles. The number of hydrogen-bond acceptors (Lipinski definition) is 3. The lowest BCUT2D eigenvalue weighted by atomic mass is 10.3. The maximum absolute atomic E-state index is 5.74. The van der Waals surface area contributed by atoms with Crippen molar-refractivity contribution < 1.29 is 9.47 Å². The minimum atomic E-state index is 0.500. The largest absolute Gasteiger partial charge is 0.489 e. The number of ether oxygens (including phenoxy) is 2. The standard InChI is InChI=1S/C10H14ClNO2/c1-2-13-5-6-14-10-4-3-8(11)7-9(10)12/h3-4,7H,2,5-6,12H2,1H3. The normalized spacial score (nSPS) is 10.1. The van der Waals surface area contributed by atoms with Gasteiger partial charge in [0.2, 0.25) is 0 Å². The topological polar surface area (TPSA) is 44.5 Å². The van der Waals surface area contributed by atoms with Gasteiger partial charge in [-0.2, -0.15) is 0 Å². The van der Waals surface area contributed by atoms with Gasteiger partial charge in [0, 0.05) is 11.6 Å². The molecule has 0 saturated heterocycles. The zero-order valence-electron chi connectivity index (χ0n) is 8.13. The Balaban J connectivity index is 2.42. The van der Waals surface area contributed by atoms with Gasteiger partial charge < -0.3 is 15.2 Å². The van der Waals surface area contributed by atoms with Crippen LogP contribution in [0.1, 0.15) is 6.92 Å². The van der Waals surface area contributed by atoms with Crippen LogP contribution in [-0.4, -0.2) is 19.8 Å². The van der Waals surface area contributed by atoms with Crippen molar-refractivity contribution in [3.05, 3.63) is 23.2 Å². The molecule has 0 bridgehead atoms. The van der Waals surface area contributed by atoms with E-state index in [2.05, 4.69) is 0 Å². The van der Waals surface area contributed by atoms with Gasteiger partial charge in [0.05, 0.1) is 12.3 Å². The molecule has 0 unspecified atom stereocenters. The van der Waals surface area contributed by atoms with E-state index in [1.807, 2.05) is 6.92 Å². The van der Waals surface area contributed by atoms with Crippen molar-refractivity contribution in [2.75, 3.05) is 25.6 Å². The predicted molar refractivity (Wildman–Crippen MR) is 57.9 cm³/mol. The Morgan fingerprint density at radius 2 is 2.14 bits per heavy atom. The Morgan fingerprint density at radius 3 is 2.79 bits per heavy atom. The lowest BCUT2D eigenvalue weighted by Crippen LogP contribution is -2.07. The molecule has 0 fully saturated rings. The molecular weight excluding hydrogens is 202 g/mol. The maximum atomic E-state index is 5.74. The zero-order valence-corrected chi connectivity index (χ0v) is 8.88. The zero-order chi connectivity index (χ0) is 10.4. The van der Waals surface area contributed by atoms with E-state index in [4.69, 9.17) is 26.8 Å². The fraction of sp³-hybridized carbons (Fsp3) is 0.400. The quantitative estimate of drug-likeness (QED) is 0.606. The number of nitrogens with two attached hydrogens (primary N) is 1. The number of nitrogen functional groups attached to an aromatic ring is 1. The van der Waals surface area contributed by atoms with Gasteiger partial charge in [0.25, 0.3) is 0 Å². The van der Waals surface area contributed by atoms with Crippen LogP contribution in [0, 0.1) is 0 Å². The van der Waals surface area contributed by atoms with E-state index in [1.54, 1.807) is 18.2 Å². The third-order valence-corrected chi connectivity index (χ3v) is 1.90. The molecule has 1 rings (SSSR count). The molecule has 0 saturated carbocycles. The predicted octanol–water partition coefficient (Wildman–Crippen LogP) is 2.34. The van der Waals surface area contributed by atoms with Crippen molar-refractivity contribution in [2.45, 2.75) is 6.92 Å². The number of hydrogen-bond donors (Lipinski definition) is 1. The summed E-state index contributed by atoms with van der Waals surface area (Å²) in [5.41, 5.74) is 6.24. The Morgan fingerprint density at radius 1 is 1.36 bits per heavy atom. The summed E-state index contributed by atoms with van der Waals surface area (Å²) >= 11 is 5.74. The molecule has 0 spiro atoms. The van der Waals surface area contributed by atoms with Crippen LogP contribution >= 0.6 is 11.6 Å². The van der Waals surface area contributed by atoms with Gasteiger partial charge >= 0.3 is 0 Å². The molecule has 0 radical (unpaired) electrons. The Kier molecular flexibility index (Phi) is 4.56. The monoisotopic (exact) mass is 215 g/mol. The Hall–Kier alpha value is -0.930. The molecule has 78 valence electrons. The highest BCUT2D eigenvalue weighted by Crippen LogP contribution is 2.24. The summed E-state index contributed by atoms with van der Waals surface area (Å²) < 4.78 is 10.5. The lowest BCUT2D eigenvalue weighted by molar-refractivity contribution is 0.110. The molecular formula is C10H14ClNO2. The fourth-order valence-corrected chi connectivity index (χ4v) is 1.19. The molecule has 2 N–H and O–H groups in total. The third kappa shape index (κ3) is 3.44. The van der Waals surface area contributed by atoms with Crippen LogP contribution in [-0.2, 0) is 4.74 Å². The summed E-state index contributed by atoms with van der Waals surface area (Å²) in [7, 11) is 0. The fourth-order valence-electron chi connectivity index (χ4n) is 1.01. The van der Waals surface area contributed by atoms with Crippen LogP contribution in [0.25, 0.3) is 0 Å². The van der Waals surface area contributed by atoms with Crippen molar-refractivity contribution in [3.8, 4) is 5.75 Å². The van der Waals surface area contributed by atoms with Gasteiger partial charge in [-0.3, -0.25) is 0 Å². The van der Waals surface area contributed by atoms with Crippen LogP contribution in [0.5, 0.6) is 5.75 Å². The molecule has 0 heterocycles. The molecule has 0 amide bonds. The van der Waals surface area contributed by atoms with Crippen molar-refractivity contribution in [2.24, 2.45) is 0 Å². The second-order valence-electron chi connectivity index (χ2n) is 2.73. The molecule has 1 aromatic carbocycles. The van der Waals surface area contributed by atoms with Crippen molar-refractivity contribution >= 4 is 17.3 Å². The van der Waals surface area contributed by atoms with E-state index in [1.165, 1.54) is 0 Å². The first-order valence-electron chi connectivity index (χ1n) is 4.49. The molecule has 0 aromatic heterocycles. The van der Waals surface area contributed by atoms with E-state index in [0.717, 1.165) is 0 Å².